The molecule has 0 unspecified atom stereocenters. The highest BCUT2D eigenvalue weighted by molar-refractivity contribution is 9.10. The first-order valence-corrected chi connectivity index (χ1v) is 12.0. The third-order valence-corrected chi connectivity index (χ3v) is 5.94. The highest BCUT2D eigenvalue weighted by Crippen LogP contribution is 2.33. The fourth-order valence-electron chi connectivity index (χ4n) is 3.71. The number of hydrogen-bond donors (Lipinski definition) is 4. The van der Waals surface area contributed by atoms with Gasteiger partial charge in [-0.25, -0.2) is 4.79 Å². The smallest absolute Gasteiger partial charge is 0.412 e. The van der Waals surface area contributed by atoms with Gasteiger partial charge in [0.1, 0.15) is 11.9 Å². The molecule has 0 saturated heterocycles. The van der Waals surface area contributed by atoms with E-state index < -0.39 is 12.2 Å². The Morgan fingerprint density at radius 1 is 0.944 bits per heavy atom. The number of benzene rings is 4. The monoisotopic (exact) mass is 545 g/mol. The Kier molecular flexibility index (Phi) is 7.87. The van der Waals surface area contributed by atoms with Gasteiger partial charge in [0, 0.05) is 21.8 Å². The number of amides is 2. The molecule has 0 bridgehead atoms. The minimum atomic E-state index is -0.858. The summed E-state index contributed by atoms with van der Waals surface area (Å²) in [5.41, 5.74) is 7.82. The lowest BCUT2D eigenvalue weighted by atomic mass is 10.0. The van der Waals surface area contributed by atoms with Crippen molar-refractivity contribution in [2.24, 2.45) is 0 Å². The molecule has 0 fully saturated rings. The van der Waals surface area contributed by atoms with Crippen LogP contribution >= 0.6 is 15.9 Å². The number of nitrogen functional groups attached to an aromatic ring is 1. The number of carbonyl (C=O) groups excluding carboxylic acids is 2. The van der Waals surface area contributed by atoms with E-state index in [1.807, 2.05) is 36.4 Å². The maximum absolute atomic E-state index is 12.9. The van der Waals surface area contributed by atoms with Crippen molar-refractivity contribution in [2.45, 2.75) is 12.5 Å². The molecule has 0 aliphatic carbocycles. The van der Waals surface area contributed by atoms with E-state index >= 15 is 0 Å². The predicted molar refractivity (Wildman–Crippen MR) is 146 cm³/mol. The molecule has 7 nitrogen and oxygen atoms in total. The fraction of sp³-hybridized carbons (Fsp3) is 0.0714. The summed E-state index contributed by atoms with van der Waals surface area (Å²) in [7, 11) is 0. The van der Waals surface area contributed by atoms with E-state index in [2.05, 4.69) is 26.6 Å². The Balaban J connectivity index is 1.50. The van der Waals surface area contributed by atoms with Crippen LogP contribution in [-0.2, 0) is 9.53 Å². The number of halogens is 1. The average molecular weight is 546 g/mol. The van der Waals surface area contributed by atoms with Gasteiger partial charge in [-0.15, -0.1) is 0 Å². The average Bonchev–Trinajstić information content (AvgIpc) is 2.86. The number of rotatable bonds is 7. The van der Waals surface area contributed by atoms with Crippen LogP contribution in [0.2, 0.25) is 0 Å². The van der Waals surface area contributed by atoms with Crippen molar-refractivity contribution >= 4 is 55.8 Å². The van der Waals surface area contributed by atoms with E-state index in [4.69, 9.17) is 10.5 Å². The molecule has 0 radical (unpaired) electrons. The number of carbonyl (C=O) groups is 2. The van der Waals surface area contributed by atoms with Crippen molar-refractivity contribution in [1.82, 2.24) is 0 Å². The molecule has 5 N–H and O–H groups in total. The van der Waals surface area contributed by atoms with Crippen LogP contribution in [-0.4, -0.2) is 17.1 Å². The van der Waals surface area contributed by atoms with Gasteiger partial charge in [0.25, 0.3) is 0 Å². The topological polar surface area (TPSA) is 114 Å². The molecule has 0 spiro atoms. The Morgan fingerprint density at radius 3 is 2.50 bits per heavy atom. The van der Waals surface area contributed by atoms with Gasteiger partial charge in [0.15, 0.2) is 0 Å². The number of nitrogens with two attached hydrogens (primary N) is 1. The maximum Gasteiger partial charge on any atom is 0.412 e. The van der Waals surface area contributed by atoms with Gasteiger partial charge in [-0.1, -0.05) is 70.5 Å². The quantitative estimate of drug-likeness (QED) is 0.151. The molecule has 2 amide bonds. The van der Waals surface area contributed by atoms with Gasteiger partial charge in [-0.2, -0.15) is 0 Å². The summed E-state index contributed by atoms with van der Waals surface area (Å²) in [5, 5.41) is 17.8. The minimum Gasteiger partial charge on any atom is -0.508 e. The molecule has 182 valence electrons. The molecule has 0 heterocycles. The highest BCUT2D eigenvalue weighted by atomic mass is 79.9. The summed E-state index contributed by atoms with van der Waals surface area (Å²) in [6.45, 7) is 0. The van der Waals surface area contributed by atoms with Gasteiger partial charge < -0.3 is 20.9 Å². The Labute approximate surface area is 216 Å². The summed E-state index contributed by atoms with van der Waals surface area (Å²) in [6.07, 6.45) is 1.50. The lowest BCUT2D eigenvalue weighted by Gasteiger charge is -2.19. The van der Waals surface area contributed by atoms with Crippen LogP contribution < -0.4 is 16.4 Å². The molecular formula is C28H24BrN3O4. The molecule has 4 rings (SSSR count). The Bertz CT molecular complexity index is 1430. The van der Waals surface area contributed by atoms with E-state index in [0.717, 1.165) is 10.8 Å². The number of para-hydroxylation sites is 2. The van der Waals surface area contributed by atoms with Crippen LogP contribution in [0.1, 0.15) is 18.1 Å². The predicted octanol–water partition coefficient (Wildman–Crippen LogP) is 6.76. The minimum absolute atomic E-state index is 0.0314. The van der Waals surface area contributed by atoms with Crippen molar-refractivity contribution in [3.05, 3.63) is 107 Å². The number of ether oxygens (including phenoxy) is 1. The van der Waals surface area contributed by atoms with Crippen molar-refractivity contribution in [1.29, 1.82) is 0 Å². The number of phenolic OH excluding ortho intramolecular Hbond substituents is 1. The normalized spacial score (nSPS) is 11.8. The van der Waals surface area contributed by atoms with Gasteiger partial charge in [-0.3, -0.25) is 10.1 Å². The number of nitrogens with one attached hydrogen (secondary N) is 2. The number of aromatic hydroxyl groups is 1. The van der Waals surface area contributed by atoms with Crippen LogP contribution in [0, 0.1) is 0 Å². The van der Waals surface area contributed by atoms with Crippen LogP contribution in [0.3, 0.4) is 0 Å². The second-order valence-electron chi connectivity index (χ2n) is 7.96. The lowest BCUT2D eigenvalue weighted by Crippen LogP contribution is -2.18. The number of fused-ring (bicyclic) bond motifs is 1. The molecule has 8 heteroatoms. The van der Waals surface area contributed by atoms with Crippen LogP contribution in [0.5, 0.6) is 5.75 Å². The van der Waals surface area contributed by atoms with Crippen molar-refractivity contribution in [2.75, 3.05) is 16.4 Å². The zero-order valence-electron chi connectivity index (χ0n) is 19.1. The summed E-state index contributed by atoms with van der Waals surface area (Å²) < 4.78 is 6.42. The molecule has 0 aromatic heterocycles. The first-order chi connectivity index (χ1) is 17.4. The molecule has 0 aliphatic rings. The van der Waals surface area contributed by atoms with Crippen LogP contribution in [0.15, 0.2) is 102 Å². The lowest BCUT2D eigenvalue weighted by molar-refractivity contribution is -0.111. The highest BCUT2D eigenvalue weighted by Gasteiger charge is 2.20. The fourth-order valence-corrected chi connectivity index (χ4v) is 4.09. The molecular weight excluding hydrogens is 522 g/mol. The van der Waals surface area contributed by atoms with Gasteiger partial charge in [-0.05, 0) is 47.9 Å². The molecule has 0 aliphatic heterocycles. The van der Waals surface area contributed by atoms with Crippen LogP contribution in [0.4, 0.5) is 21.9 Å². The standard InChI is InChI=1S/C28H24BrN3O4/c29-19-15-16-25(33)21(17-19)26(13-6-14-27(34)31-24-11-4-3-10-22(24)30)36-28(35)32-23-12-5-8-18-7-1-2-9-20(18)23/h1-12,14-17,26,33H,13,30H2,(H,31,34)(H,32,35)/b14-6+/t26-/m1/s1. The summed E-state index contributed by atoms with van der Waals surface area (Å²) in [4.78, 5) is 25.2. The van der Waals surface area contributed by atoms with Gasteiger partial charge in [0.05, 0.1) is 17.1 Å². The largest absolute Gasteiger partial charge is 0.508 e. The van der Waals surface area contributed by atoms with E-state index in [0.29, 0.717) is 27.1 Å². The van der Waals surface area contributed by atoms with E-state index in [1.165, 1.54) is 12.1 Å². The zero-order chi connectivity index (χ0) is 25.5. The van der Waals surface area contributed by atoms with Gasteiger partial charge >= 0.3 is 6.09 Å². The second kappa shape index (κ2) is 11.4. The van der Waals surface area contributed by atoms with Gasteiger partial charge in [0.2, 0.25) is 5.91 Å². The third kappa shape index (κ3) is 6.22. The first kappa shape index (κ1) is 24.8. The summed E-state index contributed by atoms with van der Waals surface area (Å²) >= 11 is 3.39. The SMILES string of the molecule is Nc1ccccc1NC(=O)/C=C/C[C@@H](OC(=O)Nc1cccc2ccccc12)c1cc(Br)ccc1O. The van der Waals surface area contributed by atoms with E-state index in [1.54, 1.807) is 48.5 Å². The first-order valence-electron chi connectivity index (χ1n) is 11.2. The van der Waals surface area contributed by atoms with Crippen LogP contribution in [0.25, 0.3) is 10.8 Å². The second-order valence-corrected chi connectivity index (χ2v) is 8.88. The summed E-state index contributed by atoms with van der Waals surface area (Å²) in [5.74, 6) is -0.415. The Hall–Kier alpha value is -4.30. The molecule has 0 saturated carbocycles. The molecule has 36 heavy (non-hydrogen) atoms. The maximum atomic E-state index is 12.9. The molecule has 4 aromatic rings. The van der Waals surface area contributed by atoms with E-state index in [9.17, 15) is 14.7 Å². The number of phenols is 1. The Morgan fingerprint density at radius 2 is 1.67 bits per heavy atom. The number of anilines is 3. The van der Waals surface area contributed by atoms with Crippen molar-refractivity contribution in [3.63, 3.8) is 0 Å². The van der Waals surface area contributed by atoms with Crippen molar-refractivity contribution < 1.29 is 19.4 Å². The molecule has 4 aromatic carbocycles. The zero-order valence-corrected chi connectivity index (χ0v) is 20.7. The summed E-state index contributed by atoms with van der Waals surface area (Å²) in [6, 6.07) is 25.0. The van der Waals surface area contributed by atoms with E-state index in [-0.39, 0.29) is 18.1 Å². The molecule has 1 atom stereocenters. The van der Waals surface area contributed by atoms with Crippen molar-refractivity contribution in [3.8, 4) is 5.75 Å². The third-order valence-electron chi connectivity index (χ3n) is 5.45. The number of hydrogen-bond acceptors (Lipinski definition) is 5.